The molecule has 0 atom stereocenters. The Morgan fingerprint density at radius 2 is 1.90 bits per heavy atom. The molecule has 3 nitrogen and oxygen atoms in total. The van der Waals surface area contributed by atoms with E-state index in [4.69, 9.17) is 4.98 Å². The van der Waals surface area contributed by atoms with Crippen molar-refractivity contribution >= 4 is 48.7 Å². The molecule has 1 N–H and O–H groups in total. The monoisotopic (exact) mass is 397 g/mol. The number of aryl methyl sites for hydroxylation is 1. The molecule has 104 valence electrons. The largest absolute Gasteiger partial charge is 0.478 e. The van der Waals surface area contributed by atoms with Gasteiger partial charge in [-0.3, -0.25) is 4.98 Å². The topological polar surface area (TPSA) is 50.2 Å². The van der Waals surface area contributed by atoms with Gasteiger partial charge in [-0.15, -0.1) is 0 Å². The van der Waals surface area contributed by atoms with Crippen LogP contribution >= 0.6 is 31.9 Å². The highest BCUT2D eigenvalue weighted by molar-refractivity contribution is 9.11. The lowest BCUT2D eigenvalue weighted by atomic mass is 9.97. The highest BCUT2D eigenvalue weighted by atomic mass is 79.9. The van der Waals surface area contributed by atoms with Gasteiger partial charge in [-0.25, -0.2) is 4.79 Å². The van der Waals surface area contributed by atoms with Crippen LogP contribution in [0.4, 0.5) is 0 Å². The predicted molar refractivity (Wildman–Crippen MR) is 85.4 cm³/mol. The van der Waals surface area contributed by atoms with Gasteiger partial charge in [0.05, 0.1) is 11.1 Å². The zero-order chi connectivity index (χ0) is 14.3. The van der Waals surface area contributed by atoms with Gasteiger partial charge in [-0.05, 0) is 59.3 Å². The molecule has 0 radical (unpaired) electrons. The van der Waals surface area contributed by atoms with Crippen LogP contribution in [0.15, 0.2) is 21.1 Å². The molecule has 1 heterocycles. The van der Waals surface area contributed by atoms with E-state index in [9.17, 15) is 9.90 Å². The number of rotatable bonds is 1. The maximum absolute atomic E-state index is 11.8. The van der Waals surface area contributed by atoms with Crippen LogP contribution in [0.3, 0.4) is 0 Å². The first-order valence-corrected chi connectivity index (χ1v) is 8.20. The van der Waals surface area contributed by atoms with Crippen LogP contribution < -0.4 is 0 Å². The highest BCUT2D eigenvalue weighted by Crippen LogP contribution is 2.34. The summed E-state index contributed by atoms with van der Waals surface area (Å²) in [6, 6.07) is 3.76. The smallest absolute Gasteiger partial charge is 0.336 e. The summed E-state index contributed by atoms with van der Waals surface area (Å²) in [4.78, 5) is 16.5. The average Bonchev–Trinajstić information content (AvgIpc) is 2.60. The number of pyridine rings is 1. The molecule has 20 heavy (non-hydrogen) atoms. The molecule has 0 fully saturated rings. The molecule has 1 aromatic carbocycles. The number of aromatic carboxylic acids is 1. The second-order valence-corrected chi connectivity index (χ2v) is 6.83. The van der Waals surface area contributed by atoms with E-state index in [1.165, 1.54) is 0 Å². The molecule has 0 spiro atoms. The highest BCUT2D eigenvalue weighted by Gasteiger charge is 2.22. The number of carboxylic acid groups (broad SMARTS) is 1. The molecule has 0 saturated carbocycles. The second kappa shape index (κ2) is 5.45. The Morgan fingerprint density at radius 3 is 2.65 bits per heavy atom. The third-order valence-corrected chi connectivity index (χ3v) is 4.81. The Labute approximate surface area is 133 Å². The van der Waals surface area contributed by atoms with Crippen molar-refractivity contribution in [2.24, 2.45) is 0 Å². The van der Waals surface area contributed by atoms with E-state index in [0.717, 1.165) is 57.8 Å². The van der Waals surface area contributed by atoms with Crippen LogP contribution in [-0.4, -0.2) is 16.1 Å². The number of nitrogens with zero attached hydrogens (tertiary/aromatic N) is 1. The van der Waals surface area contributed by atoms with Crippen molar-refractivity contribution in [3.05, 3.63) is 37.9 Å². The molecule has 0 amide bonds. The lowest BCUT2D eigenvalue weighted by Gasteiger charge is -2.13. The maximum atomic E-state index is 11.8. The van der Waals surface area contributed by atoms with Crippen LogP contribution in [0.1, 0.15) is 40.9 Å². The Balaban J connectivity index is 2.42. The molecule has 5 heteroatoms. The van der Waals surface area contributed by atoms with Crippen molar-refractivity contribution in [2.75, 3.05) is 0 Å². The van der Waals surface area contributed by atoms with E-state index >= 15 is 0 Å². The molecule has 1 aliphatic rings. The van der Waals surface area contributed by atoms with E-state index < -0.39 is 5.97 Å². The van der Waals surface area contributed by atoms with Crippen molar-refractivity contribution in [1.29, 1.82) is 0 Å². The second-order valence-electron chi connectivity index (χ2n) is 5.06. The number of fused-ring (bicyclic) bond motifs is 2. The van der Waals surface area contributed by atoms with Crippen LogP contribution in [0, 0.1) is 0 Å². The number of halogens is 2. The fourth-order valence-electron chi connectivity index (χ4n) is 2.87. The molecular weight excluding hydrogens is 386 g/mol. The molecule has 1 aromatic heterocycles. The molecule has 0 saturated heterocycles. The van der Waals surface area contributed by atoms with Crippen molar-refractivity contribution in [2.45, 2.75) is 32.1 Å². The molecular formula is C15H13Br2NO2. The minimum atomic E-state index is -0.861. The van der Waals surface area contributed by atoms with E-state index in [1.54, 1.807) is 0 Å². The SMILES string of the molecule is O=C(O)c1c2c(nc3c(Br)cc(Br)cc13)CCCCC2. The predicted octanol–water partition coefficient (Wildman–Crippen LogP) is 4.73. The van der Waals surface area contributed by atoms with Gasteiger partial charge in [0.25, 0.3) is 0 Å². The van der Waals surface area contributed by atoms with Crippen LogP contribution in [0.2, 0.25) is 0 Å². The van der Waals surface area contributed by atoms with Crippen molar-refractivity contribution < 1.29 is 9.90 Å². The average molecular weight is 399 g/mol. The molecule has 0 bridgehead atoms. The zero-order valence-corrected chi connectivity index (χ0v) is 13.9. The summed E-state index contributed by atoms with van der Waals surface area (Å²) in [7, 11) is 0. The minimum absolute atomic E-state index is 0.425. The maximum Gasteiger partial charge on any atom is 0.336 e. The number of hydrogen-bond acceptors (Lipinski definition) is 2. The fraction of sp³-hybridized carbons (Fsp3) is 0.333. The van der Waals surface area contributed by atoms with Crippen molar-refractivity contribution in [3.63, 3.8) is 0 Å². The van der Waals surface area contributed by atoms with Crippen molar-refractivity contribution in [3.8, 4) is 0 Å². The third kappa shape index (κ3) is 2.37. The quantitative estimate of drug-likeness (QED) is 0.706. The van der Waals surface area contributed by atoms with Gasteiger partial charge in [0.1, 0.15) is 0 Å². The van der Waals surface area contributed by atoms with Gasteiger partial charge in [0.15, 0.2) is 0 Å². The third-order valence-electron chi connectivity index (χ3n) is 3.75. The summed E-state index contributed by atoms with van der Waals surface area (Å²) in [6.45, 7) is 0. The zero-order valence-electron chi connectivity index (χ0n) is 10.7. The first-order valence-electron chi connectivity index (χ1n) is 6.61. The van der Waals surface area contributed by atoms with Crippen LogP contribution in [0.5, 0.6) is 0 Å². The number of benzene rings is 1. The molecule has 0 aliphatic heterocycles. The number of aromatic nitrogens is 1. The fourth-order valence-corrected chi connectivity index (χ4v) is 4.18. The minimum Gasteiger partial charge on any atom is -0.478 e. The first-order chi connectivity index (χ1) is 9.58. The van der Waals surface area contributed by atoms with Gasteiger partial charge in [-0.2, -0.15) is 0 Å². The van der Waals surface area contributed by atoms with E-state index in [1.807, 2.05) is 12.1 Å². The van der Waals surface area contributed by atoms with E-state index in [2.05, 4.69) is 31.9 Å². The van der Waals surface area contributed by atoms with Gasteiger partial charge in [-0.1, -0.05) is 22.4 Å². The Kier molecular flexibility index (Phi) is 3.82. The number of hydrogen-bond donors (Lipinski definition) is 1. The molecule has 2 aromatic rings. The molecule has 0 unspecified atom stereocenters. The summed E-state index contributed by atoms with van der Waals surface area (Å²) < 4.78 is 1.69. The van der Waals surface area contributed by atoms with E-state index in [-0.39, 0.29) is 0 Å². The Morgan fingerprint density at radius 1 is 1.15 bits per heavy atom. The normalized spacial score (nSPS) is 14.9. The molecule has 3 rings (SSSR count). The van der Waals surface area contributed by atoms with Crippen LogP contribution in [0.25, 0.3) is 10.9 Å². The Hall–Kier alpha value is -0.940. The first kappa shape index (κ1) is 14.0. The summed E-state index contributed by atoms with van der Waals surface area (Å²) >= 11 is 6.92. The van der Waals surface area contributed by atoms with E-state index in [0.29, 0.717) is 10.9 Å². The van der Waals surface area contributed by atoms with Crippen LogP contribution in [-0.2, 0) is 12.8 Å². The van der Waals surface area contributed by atoms with Gasteiger partial charge in [0, 0.05) is 20.0 Å². The van der Waals surface area contributed by atoms with Gasteiger partial charge in [0.2, 0.25) is 0 Å². The standard InChI is InChI=1S/C15H13Br2NO2/c16-8-6-10-13(15(19)20)9-4-2-1-3-5-12(9)18-14(10)11(17)7-8/h6-7H,1-5H2,(H,19,20). The summed E-state index contributed by atoms with van der Waals surface area (Å²) in [5, 5.41) is 10.4. The summed E-state index contributed by atoms with van der Waals surface area (Å²) in [5.74, 6) is -0.861. The summed E-state index contributed by atoms with van der Waals surface area (Å²) in [6.07, 6.45) is 4.93. The Bertz CT molecular complexity index is 713. The summed E-state index contributed by atoms with van der Waals surface area (Å²) in [5.41, 5.74) is 3.04. The van der Waals surface area contributed by atoms with Gasteiger partial charge >= 0.3 is 5.97 Å². The number of carboxylic acids is 1. The van der Waals surface area contributed by atoms with Crippen molar-refractivity contribution in [1.82, 2.24) is 4.98 Å². The molecule has 1 aliphatic carbocycles. The van der Waals surface area contributed by atoms with Gasteiger partial charge < -0.3 is 5.11 Å². The lowest BCUT2D eigenvalue weighted by molar-refractivity contribution is 0.0697. The lowest BCUT2D eigenvalue weighted by Crippen LogP contribution is -2.09. The number of carbonyl (C=O) groups is 1.